The lowest BCUT2D eigenvalue weighted by atomic mass is 9.92. The van der Waals surface area contributed by atoms with Gasteiger partial charge in [0.25, 0.3) is 0 Å². The van der Waals surface area contributed by atoms with Crippen LogP contribution < -0.4 is 0 Å². The maximum atomic E-state index is 11.5. The maximum absolute atomic E-state index is 11.5. The molecular weight excluding hydrogens is 180 g/mol. The Morgan fingerprint density at radius 1 is 1.43 bits per heavy atom. The lowest BCUT2D eigenvalue weighted by Crippen LogP contribution is -2.23. The third kappa shape index (κ3) is 5.35. The summed E-state index contributed by atoms with van der Waals surface area (Å²) in [7, 11) is 0. The van der Waals surface area contributed by atoms with Crippen LogP contribution in [0.15, 0.2) is 0 Å². The monoisotopic (exact) mass is 201 g/mol. The number of carbonyl (C=O) groups excluding carboxylic acids is 1. The third-order valence-electron chi connectivity index (χ3n) is 2.35. The standard InChI is InChI=1S/C11H21O3/c1-3-5-6-9(4-2)11(14)7-10(13)8-12/h7,9-10,12-13H,3-6,8H2,1-2H3. The molecule has 0 heterocycles. The van der Waals surface area contributed by atoms with Crippen molar-refractivity contribution in [2.24, 2.45) is 5.92 Å². The minimum Gasteiger partial charge on any atom is -0.394 e. The molecule has 0 aromatic carbocycles. The first kappa shape index (κ1) is 13.6. The molecule has 2 N–H and O–H groups in total. The van der Waals surface area contributed by atoms with Gasteiger partial charge in [0.15, 0.2) is 0 Å². The molecule has 2 atom stereocenters. The zero-order valence-electron chi connectivity index (χ0n) is 9.07. The lowest BCUT2D eigenvalue weighted by Gasteiger charge is -2.14. The highest BCUT2D eigenvalue weighted by Gasteiger charge is 2.19. The molecule has 3 nitrogen and oxygen atoms in total. The van der Waals surface area contributed by atoms with E-state index in [1.54, 1.807) is 0 Å². The number of aliphatic hydroxyl groups excluding tert-OH is 2. The van der Waals surface area contributed by atoms with Gasteiger partial charge in [-0.3, -0.25) is 4.79 Å². The van der Waals surface area contributed by atoms with E-state index < -0.39 is 6.10 Å². The van der Waals surface area contributed by atoms with Crippen LogP contribution >= 0.6 is 0 Å². The second-order valence-electron chi connectivity index (χ2n) is 3.57. The van der Waals surface area contributed by atoms with Crippen LogP contribution in [0.5, 0.6) is 0 Å². The average Bonchev–Trinajstić information content (AvgIpc) is 2.18. The molecule has 0 saturated heterocycles. The molecule has 0 rings (SSSR count). The Balaban J connectivity index is 3.90. The largest absolute Gasteiger partial charge is 0.394 e. The average molecular weight is 201 g/mol. The molecule has 2 unspecified atom stereocenters. The van der Waals surface area contributed by atoms with Crippen LogP contribution in [-0.4, -0.2) is 28.7 Å². The van der Waals surface area contributed by atoms with E-state index in [1.807, 2.05) is 6.92 Å². The summed E-state index contributed by atoms with van der Waals surface area (Å²) in [6.45, 7) is 3.68. The first-order chi connectivity index (χ1) is 6.65. The summed E-state index contributed by atoms with van der Waals surface area (Å²) in [6, 6.07) is 0. The smallest absolute Gasteiger partial charge is 0.142 e. The van der Waals surface area contributed by atoms with Crippen LogP contribution in [0.4, 0.5) is 0 Å². The summed E-state index contributed by atoms with van der Waals surface area (Å²) in [4.78, 5) is 11.5. The van der Waals surface area contributed by atoms with Crippen molar-refractivity contribution in [2.75, 3.05) is 6.61 Å². The SMILES string of the molecule is CCCCC(CC)C(=O)[CH]C(O)CO. The van der Waals surface area contributed by atoms with Crippen molar-refractivity contribution in [3.8, 4) is 0 Å². The fourth-order valence-corrected chi connectivity index (χ4v) is 1.38. The van der Waals surface area contributed by atoms with Crippen molar-refractivity contribution in [1.82, 2.24) is 0 Å². The molecule has 0 aliphatic heterocycles. The first-order valence-electron chi connectivity index (χ1n) is 5.33. The number of ketones is 1. The topological polar surface area (TPSA) is 57.5 Å². The van der Waals surface area contributed by atoms with Crippen LogP contribution in [0, 0.1) is 12.3 Å². The zero-order chi connectivity index (χ0) is 11.0. The molecule has 0 amide bonds. The summed E-state index contributed by atoms with van der Waals surface area (Å²) in [5.74, 6) is -0.0290. The Morgan fingerprint density at radius 2 is 2.07 bits per heavy atom. The Morgan fingerprint density at radius 3 is 2.50 bits per heavy atom. The van der Waals surface area contributed by atoms with Crippen LogP contribution in [0.3, 0.4) is 0 Å². The summed E-state index contributed by atoms with van der Waals surface area (Å²) < 4.78 is 0. The van der Waals surface area contributed by atoms with Crippen molar-refractivity contribution in [3.63, 3.8) is 0 Å². The van der Waals surface area contributed by atoms with Gasteiger partial charge in [0.1, 0.15) is 5.78 Å². The normalized spacial score (nSPS) is 15.1. The van der Waals surface area contributed by atoms with Crippen LogP contribution in [0.25, 0.3) is 0 Å². The first-order valence-corrected chi connectivity index (χ1v) is 5.33. The van der Waals surface area contributed by atoms with Gasteiger partial charge >= 0.3 is 0 Å². The van der Waals surface area contributed by atoms with Gasteiger partial charge in [-0.1, -0.05) is 26.7 Å². The Labute approximate surface area is 86.1 Å². The molecule has 0 aromatic heterocycles. The summed E-state index contributed by atoms with van der Waals surface area (Å²) in [5.41, 5.74) is 0. The Bertz CT molecular complexity index is 157. The van der Waals surface area contributed by atoms with E-state index in [2.05, 4.69) is 6.92 Å². The fraction of sp³-hybridized carbons (Fsp3) is 0.818. The predicted molar refractivity (Wildman–Crippen MR) is 55.7 cm³/mol. The molecule has 3 heteroatoms. The van der Waals surface area contributed by atoms with Crippen LogP contribution in [0.1, 0.15) is 39.5 Å². The van der Waals surface area contributed by atoms with E-state index in [4.69, 9.17) is 10.2 Å². The molecule has 14 heavy (non-hydrogen) atoms. The molecule has 0 aromatic rings. The molecule has 83 valence electrons. The third-order valence-corrected chi connectivity index (χ3v) is 2.35. The summed E-state index contributed by atoms with van der Waals surface area (Å²) in [5, 5.41) is 17.7. The van der Waals surface area contributed by atoms with Gasteiger partial charge in [0.2, 0.25) is 0 Å². The van der Waals surface area contributed by atoms with Crippen molar-refractivity contribution in [1.29, 1.82) is 0 Å². The van der Waals surface area contributed by atoms with Crippen molar-refractivity contribution >= 4 is 5.78 Å². The van der Waals surface area contributed by atoms with Gasteiger partial charge < -0.3 is 10.2 Å². The van der Waals surface area contributed by atoms with E-state index >= 15 is 0 Å². The van der Waals surface area contributed by atoms with Crippen molar-refractivity contribution in [2.45, 2.75) is 45.6 Å². The van der Waals surface area contributed by atoms with E-state index in [0.717, 1.165) is 25.7 Å². The molecule has 0 bridgehead atoms. The second kappa shape index (κ2) is 7.94. The molecule has 0 aliphatic rings. The van der Waals surface area contributed by atoms with Crippen molar-refractivity contribution in [3.05, 3.63) is 6.42 Å². The van der Waals surface area contributed by atoms with E-state index in [0.29, 0.717) is 0 Å². The predicted octanol–water partition coefficient (Wildman–Crippen LogP) is 1.33. The Hall–Kier alpha value is -0.410. The highest BCUT2D eigenvalue weighted by atomic mass is 16.3. The molecule has 0 aliphatic carbocycles. The number of carbonyl (C=O) groups is 1. The number of aliphatic hydroxyl groups is 2. The number of Topliss-reactive ketones (excluding diaryl/α,β-unsaturated/α-hetero) is 1. The fourth-order valence-electron chi connectivity index (χ4n) is 1.38. The number of rotatable bonds is 8. The van der Waals surface area contributed by atoms with Crippen molar-refractivity contribution < 1.29 is 15.0 Å². The number of hydrogen-bond acceptors (Lipinski definition) is 3. The quantitative estimate of drug-likeness (QED) is 0.623. The van der Waals surface area contributed by atoms with Gasteiger partial charge in [0.05, 0.1) is 19.1 Å². The molecular formula is C11H21O3. The van der Waals surface area contributed by atoms with Gasteiger partial charge in [-0.05, 0) is 12.8 Å². The molecule has 1 radical (unpaired) electrons. The van der Waals surface area contributed by atoms with Gasteiger partial charge in [-0.2, -0.15) is 0 Å². The zero-order valence-corrected chi connectivity index (χ0v) is 9.07. The maximum Gasteiger partial charge on any atom is 0.142 e. The number of hydrogen-bond donors (Lipinski definition) is 2. The number of unbranched alkanes of at least 4 members (excludes halogenated alkanes) is 1. The molecule has 0 saturated carbocycles. The highest BCUT2D eigenvalue weighted by molar-refractivity contribution is 5.89. The lowest BCUT2D eigenvalue weighted by molar-refractivity contribution is -0.121. The second-order valence-corrected chi connectivity index (χ2v) is 3.57. The summed E-state index contributed by atoms with van der Waals surface area (Å²) in [6.07, 6.45) is 4.01. The van der Waals surface area contributed by atoms with E-state index in [1.165, 1.54) is 6.42 Å². The minimum atomic E-state index is -1.00. The summed E-state index contributed by atoms with van der Waals surface area (Å²) >= 11 is 0. The van der Waals surface area contributed by atoms with Gasteiger partial charge in [0, 0.05) is 5.92 Å². The highest BCUT2D eigenvalue weighted by Crippen LogP contribution is 2.15. The minimum absolute atomic E-state index is 0.0103. The van der Waals surface area contributed by atoms with Crippen LogP contribution in [-0.2, 0) is 4.79 Å². The molecule has 0 fully saturated rings. The van der Waals surface area contributed by atoms with E-state index in [9.17, 15) is 4.79 Å². The van der Waals surface area contributed by atoms with Gasteiger partial charge in [-0.25, -0.2) is 0 Å². The molecule has 0 spiro atoms. The Kier molecular flexibility index (Phi) is 7.71. The van der Waals surface area contributed by atoms with Crippen LogP contribution in [0.2, 0.25) is 0 Å². The van der Waals surface area contributed by atoms with Gasteiger partial charge in [-0.15, -0.1) is 0 Å². The van der Waals surface area contributed by atoms with E-state index in [-0.39, 0.29) is 18.3 Å².